The van der Waals surface area contributed by atoms with Crippen LogP contribution in [0.1, 0.15) is 0 Å². The van der Waals surface area contributed by atoms with Crippen LogP contribution in [0.3, 0.4) is 0 Å². The first-order chi connectivity index (χ1) is 7.04. The van der Waals surface area contributed by atoms with E-state index in [0.717, 1.165) is 0 Å². The number of rotatable bonds is 2. The monoisotopic (exact) mass is 266 g/mol. The highest BCUT2D eigenvalue weighted by atomic mass is 35.5. The number of nitrogens with zero attached hydrogens (tertiary/aromatic N) is 1. The average Bonchev–Trinajstić information content (AvgIpc) is 2.14. The molecule has 0 bridgehead atoms. The number of halogens is 3. The molecule has 7 heteroatoms. The summed E-state index contributed by atoms with van der Waals surface area (Å²) in [6.07, 6.45) is 0.693. The zero-order valence-corrected chi connectivity index (χ0v) is 9.44. The number of carbonyl (C=O) groups excluding carboxylic acids is 1. The Labute approximate surface area is 100 Å². The predicted molar refractivity (Wildman–Crippen MR) is 60.4 cm³/mol. The lowest BCUT2D eigenvalue weighted by Crippen LogP contribution is -2.12. The Balaban J connectivity index is 2.95. The number of anilines is 1. The Hall–Kier alpha value is -0.970. The van der Waals surface area contributed by atoms with Gasteiger partial charge in [0.25, 0.3) is 5.91 Å². The zero-order chi connectivity index (χ0) is 11.4. The molecule has 2 N–H and O–H groups in total. The van der Waals surface area contributed by atoms with E-state index in [2.05, 4.69) is 10.5 Å². The number of hydrogen-bond acceptors (Lipinski definition) is 3. The Kier molecular flexibility index (Phi) is 4.20. The van der Waals surface area contributed by atoms with Crippen LogP contribution in [-0.4, -0.2) is 17.3 Å². The number of carbonyl (C=O) groups is 1. The largest absolute Gasteiger partial charge is 0.411 e. The van der Waals surface area contributed by atoms with Crippen LogP contribution in [0, 0.1) is 0 Å². The highest BCUT2D eigenvalue weighted by Gasteiger charge is 2.07. The fourth-order valence-electron chi connectivity index (χ4n) is 0.836. The molecule has 0 fully saturated rings. The second-order valence-corrected chi connectivity index (χ2v) is 3.70. The summed E-state index contributed by atoms with van der Waals surface area (Å²) < 4.78 is 0. The molecule has 0 aliphatic carbocycles. The molecule has 0 atom stereocenters. The third-order valence-electron chi connectivity index (χ3n) is 1.44. The van der Waals surface area contributed by atoms with Crippen LogP contribution in [0.25, 0.3) is 0 Å². The average molecular weight is 267 g/mol. The van der Waals surface area contributed by atoms with Crippen molar-refractivity contribution < 1.29 is 10.0 Å². The molecule has 0 unspecified atom stereocenters. The molecular weight excluding hydrogens is 262 g/mol. The molecule has 0 aromatic heterocycles. The van der Waals surface area contributed by atoms with Crippen molar-refractivity contribution in [2.45, 2.75) is 0 Å². The molecule has 0 heterocycles. The van der Waals surface area contributed by atoms with Crippen molar-refractivity contribution in [3.05, 3.63) is 27.2 Å². The zero-order valence-electron chi connectivity index (χ0n) is 7.17. The van der Waals surface area contributed by atoms with E-state index in [4.69, 9.17) is 40.0 Å². The SMILES string of the molecule is O=C(/C=N/O)Nc1cc(Cl)c(Cl)cc1Cl. The number of oxime groups is 1. The van der Waals surface area contributed by atoms with E-state index in [1.54, 1.807) is 0 Å². The standard InChI is InChI=1S/C8H5Cl3N2O2/c9-4-1-6(11)7(2-5(4)10)13-8(14)3-12-15/h1-3,15H,(H,13,14)/b12-3+. The van der Waals surface area contributed by atoms with Crippen LogP contribution >= 0.6 is 34.8 Å². The number of amides is 1. The first kappa shape index (κ1) is 12.1. The van der Waals surface area contributed by atoms with E-state index < -0.39 is 5.91 Å². The summed E-state index contributed by atoms with van der Waals surface area (Å²) in [5.74, 6) is -0.627. The molecule has 4 nitrogen and oxygen atoms in total. The van der Waals surface area contributed by atoms with Crippen molar-refractivity contribution in [2.75, 3.05) is 5.32 Å². The van der Waals surface area contributed by atoms with Crippen LogP contribution in [-0.2, 0) is 4.79 Å². The van der Waals surface area contributed by atoms with Crippen LogP contribution in [0.4, 0.5) is 5.69 Å². The van der Waals surface area contributed by atoms with Gasteiger partial charge in [-0.3, -0.25) is 4.79 Å². The van der Waals surface area contributed by atoms with E-state index in [9.17, 15) is 4.79 Å². The lowest BCUT2D eigenvalue weighted by molar-refractivity contribution is -0.110. The van der Waals surface area contributed by atoms with Gasteiger partial charge in [-0.1, -0.05) is 40.0 Å². The molecule has 1 rings (SSSR count). The Bertz CT molecular complexity index is 421. The van der Waals surface area contributed by atoms with Gasteiger partial charge in [0.1, 0.15) is 6.21 Å². The van der Waals surface area contributed by atoms with Gasteiger partial charge in [0.15, 0.2) is 0 Å². The lowest BCUT2D eigenvalue weighted by Gasteiger charge is -2.05. The Morgan fingerprint density at radius 1 is 1.27 bits per heavy atom. The molecule has 0 aliphatic heterocycles. The van der Waals surface area contributed by atoms with Gasteiger partial charge in [0.05, 0.1) is 20.8 Å². The Morgan fingerprint density at radius 3 is 2.47 bits per heavy atom. The Morgan fingerprint density at radius 2 is 1.87 bits per heavy atom. The first-order valence-corrected chi connectivity index (χ1v) is 4.81. The number of hydrogen-bond donors (Lipinski definition) is 2. The van der Waals surface area contributed by atoms with Crippen LogP contribution in [0.15, 0.2) is 17.3 Å². The number of benzene rings is 1. The highest BCUT2D eigenvalue weighted by molar-refractivity contribution is 6.44. The van der Waals surface area contributed by atoms with Gasteiger partial charge in [-0.05, 0) is 12.1 Å². The van der Waals surface area contributed by atoms with Gasteiger partial charge in [-0.25, -0.2) is 0 Å². The van der Waals surface area contributed by atoms with E-state index in [0.29, 0.717) is 6.21 Å². The van der Waals surface area contributed by atoms with Gasteiger partial charge in [0, 0.05) is 0 Å². The fourth-order valence-corrected chi connectivity index (χ4v) is 1.43. The van der Waals surface area contributed by atoms with Crippen LogP contribution < -0.4 is 5.32 Å². The highest BCUT2D eigenvalue weighted by Crippen LogP contribution is 2.31. The molecule has 1 aromatic carbocycles. The molecule has 0 radical (unpaired) electrons. The molecule has 1 amide bonds. The predicted octanol–water partition coefficient (Wildman–Crippen LogP) is 3.05. The maximum Gasteiger partial charge on any atom is 0.270 e. The normalized spacial score (nSPS) is 10.6. The molecule has 0 saturated heterocycles. The fraction of sp³-hybridized carbons (Fsp3) is 0. The summed E-state index contributed by atoms with van der Waals surface area (Å²) >= 11 is 17.2. The minimum atomic E-state index is -0.627. The molecule has 0 spiro atoms. The van der Waals surface area contributed by atoms with Crippen LogP contribution in [0.2, 0.25) is 15.1 Å². The van der Waals surface area contributed by atoms with Crippen molar-refractivity contribution in [3.63, 3.8) is 0 Å². The van der Waals surface area contributed by atoms with Crippen molar-refractivity contribution in [1.29, 1.82) is 0 Å². The summed E-state index contributed by atoms with van der Waals surface area (Å²) in [5, 5.41) is 13.8. The van der Waals surface area contributed by atoms with Crippen molar-refractivity contribution in [3.8, 4) is 0 Å². The minimum Gasteiger partial charge on any atom is -0.411 e. The van der Waals surface area contributed by atoms with Crippen molar-refractivity contribution in [1.82, 2.24) is 0 Å². The summed E-state index contributed by atoms with van der Waals surface area (Å²) in [6, 6.07) is 2.80. The quantitative estimate of drug-likeness (QED) is 0.374. The summed E-state index contributed by atoms with van der Waals surface area (Å²) in [4.78, 5) is 11.0. The molecule has 15 heavy (non-hydrogen) atoms. The molecular formula is C8H5Cl3N2O2. The number of nitrogens with one attached hydrogen (secondary N) is 1. The van der Waals surface area contributed by atoms with E-state index in [-0.39, 0.29) is 20.8 Å². The summed E-state index contributed by atoms with van der Waals surface area (Å²) in [5.41, 5.74) is 0.288. The molecule has 0 saturated carbocycles. The van der Waals surface area contributed by atoms with Gasteiger partial charge >= 0.3 is 0 Å². The molecule has 1 aromatic rings. The van der Waals surface area contributed by atoms with Gasteiger partial charge in [-0.15, -0.1) is 0 Å². The van der Waals surface area contributed by atoms with Crippen molar-refractivity contribution in [2.24, 2.45) is 5.16 Å². The lowest BCUT2D eigenvalue weighted by atomic mass is 10.3. The van der Waals surface area contributed by atoms with E-state index in [1.807, 2.05) is 0 Å². The topological polar surface area (TPSA) is 61.7 Å². The second kappa shape index (κ2) is 5.21. The van der Waals surface area contributed by atoms with E-state index >= 15 is 0 Å². The summed E-state index contributed by atoms with van der Waals surface area (Å²) in [6.45, 7) is 0. The smallest absolute Gasteiger partial charge is 0.270 e. The maximum atomic E-state index is 11.0. The van der Waals surface area contributed by atoms with E-state index in [1.165, 1.54) is 12.1 Å². The third kappa shape index (κ3) is 3.27. The first-order valence-electron chi connectivity index (χ1n) is 3.67. The minimum absolute atomic E-state index is 0.240. The third-order valence-corrected chi connectivity index (χ3v) is 2.48. The van der Waals surface area contributed by atoms with Crippen molar-refractivity contribution >= 4 is 52.6 Å². The maximum absolute atomic E-state index is 11.0. The molecule has 80 valence electrons. The van der Waals surface area contributed by atoms with Gasteiger partial charge in [-0.2, -0.15) is 0 Å². The van der Waals surface area contributed by atoms with Crippen LogP contribution in [0.5, 0.6) is 0 Å². The summed E-state index contributed by atoms with van der Waals surface area (Å²) in [7, 11) is 0. The molecule has 0 aliphatic rings. The second-order valence-electron chi connectivity index (χ2n) is 2.48. The van der Waals surface area contributed by atoms with Gasteiger partial charge < -0.3 is 10.5 Å². The van der Waals surface area contributed by atoms with Gasteiger partial charge in [0.2, 0.25) is 0 Å².